The molecular weight excluding hydrogens is 222 g/mol. The van der Waals surface area contributed by atoms with Crippen LogP contribution in [0.5, 0.6) is 5.75 Å². The number of aliphatic hydroxyl groups excluding tert-OH is 1. The molecule has 5 heteroatoms. The maximum Gasteiger partial charge on any atom is 0.339 e. The molecule has 5 nitrogen and oxygen atoms in total. The minimum absolute atomic E-state index is 0.252. The first-order chi connectivity index (χ1) is 8.22. The van der Waals surface area contributed by atoms with Crippen molar-refractivity contribution in [3.63, 3.8) is 0 Å². The third-order valence-corrected chi connectivity index (χ3v) is 2.50. The number of hydrogen-bond acceptors (Lipinski definition) is 5. The molecule has 1 aromatic carbocycles. The Morgan fingerprint density at radius 3 is 3.24 bits per heavy atom. The molecule has 0 aliphatic carbocycles. The van der Waals surface area contributed by atoms with Crippen LogP contribution in [0.4, 0.5) is 5.69 Å². The Morgan fingerprint density at radius 1 is 1.65 bits per heavy atom. The first kappa shape index (κ1) is 11.7. The Morgan fingerprint density at radius 2 is 2.47 bits per heavy atom. The molecule has 17 heavy (non-hydrogen) atoms. The fraction of sp³-hybridized carbons (Fsp3) is 0.417. The summed E-state index contributed by atoms with van der Waals surface area (Å²) in [7, 11) is 0. The van der Waals surface area contributed by atoms with E-state index < -0.39 is 12.1 Å². The molecule has 1 aliphatic rings. The van der Waals surface area contributed by atoms with E-state index in [9.17, 15) is 9.90 Å². The van der Waals surface area contributed by atoms with E-state index in [1.165, 1.54) is 0 Å². The zero-order valence-electron chi connectivity index (χ0n) is 9.60. The highest BCUT2D eigenvalue weighted by Crippen LogP contribution is 2.30. The van der Waals surface area contributed by atoms with Crippen LogP contribution in [0.3, 0.4) is 0 Å². The van der Waals surface area contributed by atoms with Crippen molar-refractivity contribution in [2.45, 2.75) is 13.0 Å². The molecule has 1 aliphatic heterocycles. The van der Waals surface area contributed by atoms with Gasteiger partial charge >= 0.3 is 5.97 Å². The summed E-state index contributed by atoms with van der Waals surface area (Å²) in [6.45, 7) is 3.29. The highest BCUT2D eigenvalue weighted by atomic mass is 16.5. The predicted molar refractivity (Wildman–Crippen MR) is 62.0 cm³/mol. The van der Waals surface area contributed by atoms with Crippen LogP contribution in [0, 0.1) is 0 Å². The van der Waals surface area contributed by atoms with Gasteiger partial charge in [-0.3, -0.25) is 0 Å². The topological polar surface area (TPSA) is 67.8 Å². The van der Waals surface area contributed by atoms with Gasteiger partial charge in [-0.1, -0.05) is 6.07 Å². The molecule has 0 radical (unpaired) electrons. The quantitative estimate of drug-likeness (QED) is 0.770. The zero-order chi connectivity index (χ0) is 12.3. The zero-order valence-corrected chi connectivity index (χ0v) is 9.60. The molecule has 1 aromatic rings. The maximum absolute atomic E-state index is 11.4. The molecule has 0 aromatic heterocycles. The van der Waals surface area contributed by atoms with Gasteiger partial charge in [-0.25, -0.2) is 4.79 Å². The summed E-state index contributed by atoms with van der Waals surface area (Å²) in [4.78, 5) is 11.4. The lowest BCUT2D eigenvalue weighted by molar-refractivity contribution is -0.153. The second-order valence-corrected chi connectivity index (χ2v) is 3.69. The van der Waals surface area contributed by atoms with Crippen molar-refractivity contribution in [3.05, 3.63) is 23.8 Å². The summed E-state index contributed by atoms with van der Waals surface area (Å²) < 4.78 is 10.2. The van der Waals surface area contributed by atoms with Crippen LogP contribution in [-0.4, -0.2) is 30.8 Å². The molecule has 2 rings (SSSR count). The van der Waals surface area contributed by atoms with Gasteiger partial charge in [0.2, 0.25) is 0 Å². The first-order valence-corrected chi connectivity index (χ1v) is 5.57. The molecule has 1 unspecified atom stereocenters. The van der Waals surface area contributed by atoms with Gasteiger partial charge in [0.15, 0.2) is 6.10 Å². The molecule has 1 atom stereocenters. The Kier molecular flexibility index (Phi) is 3.49. The summed E-state index contributed by atoms with van der Waals surface area (Å²) in [6.07, 6.45) is -1.25. The van der Waals surface area contributed by atoms with Gasteiger partial charge in [0.05, 0.1) is 12.3 Å². The molecule has 92 valence electrons. The second kappa shape index (κ2) is 5.05. The third-order valence-electron chi connectivity index (χ3n) is 2.50. The summed E-state index contributed by atoms with van der Waals surface area (Å²) in [6, 6.07) is 5.10. The van der Waals surface area contributed by atoms with Gasteiger partial charge < -0.3 is 19.9 Å². The van der Waals surface area contributed by atoms with Crippen LogP contribution in [0.25, 0.3) is 0 Å². The largest absolute Gasteiger partial charge is 0.490 e. The monoisotopic (exact) mass is 237 g/mol. The maximum atomic E-state index is 11.4. The molecule has 1 heterocycles. The first-order valence-electron chi connectivity index (χ1n) is 5.57. The van der Waals surface area contributed by atoms with Crippen molar-refractivity contribution in [1.82, 2.24) is 0 Å². The number of nitrogens with one attached hydrogen (secondary N) is 1. The number of benzene rings is 1. The van der Waals surface area contributed by atoms with E-state index in [2.05, 4.69) is 5.32 Å². The Bertz CT molecular complexity index is 419. The van der Waals surface area contributed by atoms with Crippen molar-refractivity contribution in [3.8, 4) is 5.75 Å². The minimum atomic E-state index is -1.25. The highest BCUT2D eigenvalue weighted by molar-refractivity contribution is 5.77. The van der Waals surface area contributed by atoms with Crippen molar-refractivity contribution in [1.29, 1.82) is 0 Å². The number of carbonyl (C=O) groups excluding carboxylic acids is 1. The van der Waals surface area contributed by atoms with Gasteiger partial charge in [-0.2, -0.15) is 0 Å². The lowest BCUT2D eigenvalue weighted by Crippen LogP contribution is -2.19. The fourth-order valence-electron chi connectivity index (χ4n) is 1.69. The second-order valence-electron chi connectivity index (χ2n) is 3.69. The van der Waals surface area contributed by atoms with Gasteiger partial charge in [0, 0.05) is 6.54 Å². The molecule has 0 spiro atoms. The predicted octanol–water partition coefficient (Wildman–Crippen LogP) is 1.09. The number of esters is 1. The van der Waals surface area contributed by atoms with Gasteiger partial charge in [0.25, 0.3) is 0 Å². The van der Waals surface area contributed by atoms with Crippen molar-refractivity contribution < 1.29 is 19.4 Å². The molecular formula is C12H15NO4. The molecule has 0 saturated carbocycles. The van der Waals surface area contributed by atoms with E-state index in [0.717, 1.165) is 11.4 Å². The molecule has 2 N–H and O–H groups in total. The standard InChI is InChI=1S/C12H15NO4/c1-2-16-12(15)11(14)8-3-4-10-9(7-8)13-5-6-17-10/h3-4,7,11,13-14H,2,5-6H2,1H3. The van der Waals surface area contributed by atoms with E-state index in [1.807, 2.05) is 0 Å². The Hall–Kier alpha value is -1.75. The van der Waals surface area contributed by atoms with E-state index in [0.29, 0.717) is 18.7 Å². The van der Waals surface area contributed by atoms with E-state index in [-0.39, 0.29) is 6.61 Å². The average molecular weight is 237 g/mol. The minimum Gasteiger partial charge on any atom is -0.490 e. The Labute approximate surface area is 99.3 Å². The van der Waals surface area contributed by atoms with Crippen LogP contribution in [0.1, 0.15) is 18.6 Å². The van der Waals surface area contributed by atoms with Gasteiger partial charge in [-0.05, 0) is 24.6 Å². The Balaban J connectivity index is 2.18. The number of anilines is 1. The summed E-state index contributed by atoms with van der Waals surface area (Å²) in [5.74, 6) is 0.0974. The van der Waals surface area contributed by atoms with E-state index in [4.69, 9.17) is 9.47 Å². The van der Waals surface area contributed by atoms with Crippen molar-refractivity contribution >= 4 is 11.7 Å². The summed E-state index contributed by atoms with van der Waals surface area (Å²) in [5, 5.41) is 12.9. The fourth-order valence-corrected chi connectivity index (χ4v) is 1.69. The van der Waals surface area contributed by atoms with Crippen LogP contribution >= 0.6 is 0 Å². The van der Waals surface area contributed by atoms with Crippen LogP contribution in [0.15, 0.2) is 18.2 Å². The summed E-state index contributed by atoms with van der Waals surface area (Å²) >= 11 is 0. The van der Waals surface area contributed by atoms with E-state index >= 15 is 0 Å². The number of ether oxygens (including phenoxy) is 2. The lowest BCUT2D eigenvalue weighted by Gasteiger charge is -2.20. The SMILES string of the molecule is CCOC(=O)C(O)c1ccc2c(c1)NCCO2. The number of fused-ring (bicyclic) bond motifs is 1. The van der Waals surface area contributed by atoms with Crippen LogP contribution in [0.2, 0.25) is 0 Å². The number of hydrogen-bond donors (Lipinski definition) is 2. The molecule has 0 amide bonds. The van der Waals surface area contributed by atoms with Crippen molar-refractivity contribution in [2.24, 2.45) is 0 Å². The summed E-state index contributed by atoms with van der Waals surface area (Å²) in [5.41, 5.74) is 1.29. The number of carbonyl (C=O) groups is 1. The molecule has 0 saturated heterocycles. The van der Waals surface area contributed by atoms with Gasteiger partial charge in [0.1, 0.15) is 12.4 Å². The van der Waals surface area contributed by atoms with Crippen LogP contribution in [-0.2, 0) is 9.53 Å². The highest BCUT2D eigenvalue weighted by Gasteiger charge is 2.20. The normalized spacial score (nSPS) is 15.2. The van der Waals surface area contributed by atoms with E-state index in [1.54, 1.807) is 25.1 Å². The number of aliphatic hydroxyl groups is 1. The average Bonchev–Trinajstić information content (AvgIpc) is 2.37. The third kappa shape index (κ3) is 2.50. The van der Waals surface area contributed by atoms with Crippen LogP contribution < -0.4 is 10.1 Å². The number of rotatable bonds is 3. The van der Waals surface area contributed by atoms with Crippen molar-refractivity contribution in [2.75, 3.05) is 25.1 Å². The van der Waals surface area contributed by atoms with Gasteiger partial charge in [-0.15, -0.1) is 0 Å². The smallest absolute Gasteiger partial charge is 0.339 e. The molecule has 0 fully saturated rings. The molecule has 0 bridgehead atoms. The lowest BCUT2D eigenvalue weighted by atomic mass is 10.1.